The summed E-state index contributed by atoms with van der Waals surface area (Å²) in [6, 6.07) is 1.93. The number of nitrogens with one attached hydrogen (secondary N) is 2. The van der Waals surface area contributed by atoms with Crippen molar-refractivity contribution in [3.63, 3.8) is 0 Å². The highest BCUT2D eigenvalue weighted by Gasteiger charge is 2.27. The van der Waals surface area contributed by atoms with Crippen molar-refractivity contribution in [2.24, 2.45) is 0 Å². The zero-order chi connectivity index (χ0) is 12.1. The average Bonchev–Trinajstić information content (AvgIpc) is 2.30. The average molecular weight is 236 g/mol. The molecule has 1 saturated heterocycles. The molecular weight excluding hydrogens is 216 g/mol. The van der Waals surface area contributed by atoms with Gasteiger partial charge in [0, 0.05) is 19.2 Å². The lowest BCUT2D eigenvalue weighted by Gasteiger charge is -2.34. The first-order valence-electron chi connectivity index (χ1n) is 6.14. The lowest BCUT2D eigenvalue weighted by atomic mass is 9.95. The largest absolute Gasteiger partial charge is 0.379 e. The Morgan fingerprint density at radius 2 is 2.24 bits per heavy atom. The summed E-state index contributed by atoms with van der Waals surface area (Å²) in [7, 11) is 0. The number of hydrogen-bond acceptors (Lipinski definition) is 5. The predicted octanol–water partition coefficient (Wildman–Crippen LogP) is 1.89. The van der Waals surface area contributed by atoms with E-state index in [9.17, 15) is 0 Å². The first-order valence-corrected chi connectivity index (χ1v) is 6.14. The Morgan fingerprint density at radius 3 is 2.94 bits per heavy atom. The summed E-state index contributed by atoms with van der Waals surface area (Å²) in [5, 5.41) is 6.62. The van der Waals surface area contributed by atoms with Crippen LogP contribution in [0.4, 0.5) is 11.6 Å². The Balaban J connectivity index is 2.04. The minimum atomic E-state index is -0.0178. The summed E-state index contributed by atoms with van der Waals surface area (Å²) in [5.41, 5.74) is -0.0178. The molecule has 0 bridgehead atoms. The Morgan fingerprint density at radius 1 is 1.41 bits per heavy atom. The fourth-order valence-corrected chi connectivity index (χ4v) is 2.05. The molecule has 1 aromatic heterocycles. The lowest BCUT2D eigenvalue weighted by molar-refractivity contribution is 0.0539. The van der Waals surface area contributed by atoms with Crippen molar-refractivity contribution < 1.29 is 4.74 Å². The maximum atomic E-state index is 5.51. The molecule has 5 heteroatoms. The maximum absolute atomic E-state index is 5.51. The SMILES string of the molecule is CCNc1cc(NC2(C)CCCOC2)ncn1. The molecule has 0 spiro atoms. The van der Waals surface area contributed by atoms with Crippen molar-refractivity contribution >= 4 is 11.6 Å². The molecule has 0 saturated carbocycles. The van der Waals surface area contributed by atoms with Crippen molar-refractivity contribution in [1.29, 1.82) is 0 Å². The van der Waals surface area contributed by atoms with Crippen molar-refractivity contribution in [3.05, 3.63) is 12.4 Å². The van der Waals surface area contributed by atoms with Gasteiger partial charge in [0.05, 0.1) is 12.1 Å². The molecule has 1 fully saturated rings. The second-order valence-corrected chi connectivity index (χ2v) is 4.66. The monoisotopic (exact) mass is 236 g/mol. The molecule has 1 aliphatic rings. The minimum absolute atomic E-state index is 0.0178. The number of rotatable bonds is 4. The van der Waals surface area contributed by atoms with Gasteiger partial charge in [0.2, 0.25) is 0 Å². The number of ether oxygens (including phenoxy) is 1. The molecule has 94 valence electrons. The molecule has 1 atom stereocenters. The van der Waals surface area contributed by atoms with E-state index in [0.717, 1.165) is 44.2 Å². The van der Waals surface area contributed by atoms with E-state index in [1.807, 2.05) is 13.0 Å². The summed E-state index contributed by atoms with van der Waals surface area (Å²) in [6.07, 6.45) is 3.77. The van der Waals surface area contributed by atoms with Crippen molar-refractivity contribution in [2.75, 3.05) is 30.4 Å². The molecule has 1 unspecified atom stereocenters. The Bertz CT molecular complexity index is 363. The Hall–Kier alpha value is -1.36. The lowest BCUT2D eigenvalue weighted by Crippen LogP contribution is -2.43. The van der Waals surface area contributed by atoms with E-state index in [4.69, 9.17) is 4.74 Å². The van der Waals surface area contributed by atoms with Gasteiger partial charge in [0.1, 0.15) is 18.0 Å². The van der Waals surface area contributed by atoms with Crippen LogP contribution < -0.4 is 10.6 Å². The van der Waals surface area contributed by atoms with Crippen LogP contribution in [0.2, 0.25) is 0 Å². The predicted molar refractivity (Wildman–Crippen MR) is 68.3 cm³/mol. The molecule has 0 aliphatic carbocycles. The van der Waals surface area contributed by atoms with Gasteiger partial charge < -0.3 is 15.4 Å². The van der Waals surface area contributed by atoms with Gasteiger partial charge in [0.15, 0.2) is 0 Å². The molecule has 5 nitrogen and oxygen atoms in total. The fourth-order valence-electron chi connectivity index (χ4n) is 2.05. The molecule has 2 heterocycles. The third-order valence-corrected chi connectivity index (χ3v) is 2.89. The number of aromatic nitrogens is 2. The highest BCUT2D eigenvalue weighted by atomic mass is 16.5. The Kier molecular flexibility index (Phi) is 3.78. The summed E-state index contributed by atoms with van der Waals surface area (Å²) in [4.78, 5) is 8.39. The van der Waals surface area contributed by atoms with Crippen LogP contribution in [0.15, 0.2) is 12.4 Å². The standard InChI is InChI=1S/C12H20N4O/c1-3-13-10-7-11(15-9-14-10)16-12(2)5-4-6-17-8-12/h7,9H,3-6,8H2,1-2H3,(H2,13,14,15,16). The molecule has 2 rings (SSSR count). The van der Waals surface area contributed by atoms with Crippen molar-refractivity contribution in [2.45, 2.75) is 32.2 Å². The van der Waals surface area contributed by atoms with Gasteiger partial charge in [-0.05, 0) is 26.7 Å². The van der Waals surface area contributed by atoms with Crippen LogP contribution in [0, 0.1) is 0 Å². The molecule has 17 heavy (non-hydrogen) atoms. The van der Waals surface area contributed by atoms with E-state index in [-0.39, 0.29) is 5.54 Å². The highest BCUT2D eigenvalue weighted by Crippen LogP contribution is 2.23. The number of nitrogens with zero attached hydrogens (tertiary/aromatic N) is 2. The van der Waals surface area contributed by atoms with Gasteiger partial charge in [-0.3, -0.25) is 0 Å². The second kappa shape index (κ2) is 5.31. The van der Waals surface area contributed by atoms with Crippen molar-refractivity contribution in [1.82, 2.24) is 9.97 Å². The van der Waals surface area contributed by atoms with E-state index in [1.54, 1.807) is 6.33 Å². The number of hydrogen-bond donors (Lipinski definition) is 2. The molecular formula is C12H20N4O. The highest BCUT2D eigenvalue weighted by molar-refractivity contribution is 5.47. The Labute approximate surface area is 102 Å². The van der Waals surface area contributed by atoms with Crippen LogP contribution in [0.5, 0.6) is 0 Å². The van der Waals surface area contributed by atoms with Gasteiger partial charge in [-0.2, -0.15) is 0 Å². The van der Waals surface area contributed by atoms with E-state index in [1.165, 1.54) is 0 Å². The zero-order valence-electron chi connectivity index (χ0n) is 10.5. The van der Waals surface area contributed by atoms with Gasteiger partial charge in [-0.15, -0.1) is 0 Å². The van der Waals surface area contributed by atoms with Crippen LogP contribution in [-0.2, 0) is 4.74 Å². The molecule has 1 aliphatic heterocycles. The van der Waals surface area contributed by atoms with Crippen LogP contribution in [0.25, 0.3) is 0 Å². The van der Waals surface area contributed by atoms with Gasteiger partial charge >= 0.3 is 0 Å². The normalized spacial score (nSPS) is 24.4. The van der Waals surface area contributed by atoms with Crippen LogP contribution in [-0.4, -0.2) is 35.3 Å². The second-order valence-electron chi connectivity index (χ2n) is 4.66. The van der Waals surface area contributed by atoms with Crippen molar-refractivity contribution in [3.8, 4) is 0 Å². The molecule has 0 amide bonds. The van der Waals surface area contributed by atoms with E-state index in [0.29, 0.717) is 0 Å². The summed E-state index contributed by atoms with van der Waals surface area (Å²) >= 11 is 0. The van der Waals surface area contributed by atoms with Crippen LogP contribution in [0.3, 0.4) is 0 Å². The summed E-state index contributed by atoms with van der Waals surface area (Å²) in [5.74, 6) is 1.70. The van der Waals surface area contributed by atoms with Gasteiger partial charge in [-0.25, -0.2) is 9.97 Å². The van der Waals surface area contributed by atoms with E-state index in [2.05, 4.69) is 27.5 Å². The quantitative estimate of drug-likeness (QED) is 0.836. The molecule has 0 aromatic carbocycles. The zero-order valence-corrected chi connectivity index (χ0v) is 10.5. The molecule has 2 N–H and O–H groups in total. The first-order chi connectivity index (χ1) is 8.22. The number of anilines is 2. The third kappa shape index (κ3) is 3.30. The van der Waals surface area contributed by atoms with Gasteiger partial charge in [0.25, 0.3) is 0 Å². The van der Waals surface area contributed by atoms with Crippen LogP contribution >= 0.6 is 0 Å². The topological polar surface area (TPSA) is 59.1 Å². The maximum Gasteiger partial charge on any atom is 0.131 e. The van der Waals surface area contributed by atoms with Gasteiger partial charge in [-0.1, -0.05) is 0 Å². The smallest absolute Gasteiger partial charge is 0.131 e. The summed E-state index contributed by atoms with van der Waals surface area (Å²) in [6.45, 7) is 6.67. The van der Waals surface area contributed by atoms with Crippen LogP contribution in [0.1, 0.15) is 26.7 Å². The fraction of sp³-hybridized carbons (Fsp3) is 0.667. The minimum Gasteiger partial charge on any atom is -0.379 e. The van der Waals surface area contributed by atoms with E-state index < -0.39 is 0 Å². The summed E-state index contributed by atoms with van der Waals surface area (Å²) < 4.78 is 5.51. The van der Waals surface area contributed by atoms with E-state index >= 15 is 0 Å². The molecule has 0 radical (unpaired) electrons. The first kappa shape index (κ1) is 12.1. The molecule has 1 aromatic rings. The third-order valence-electron chi connectivity index (χ3n) is 2.89.